The number of hydrogen-bond donors (Lipinski definition) is 0. The van der Waals surface area contributed by atoms with Crippen LogP contribution in [0.25, 0.3) is 23.3 Å². The molecule has 134 valence electrons. The molecule has 0 fully saturated rings. The van der Waals surface area contributed by atoms with Gasteiger partial charge in [0.25, 0.3) is 0 Å². The summed E-state index contributed by atoms with van der Waals surface area (Å²) in [5.74, 6) is 1.01. The van der Waals surface area contributed by atoms with E-state index in [1.807, 2.05) is 36.4 Å². The van der Waals surface area contributed by atoms with E-state index in [1.54, 1.807) is 11.8 Å². The lowest BCUT2D eigenvalue weighted by atomic mass is 9.92. The molecule has 0 N–H and O–H groups in total. The van der Waals surface area contributed by atoms with Crippen LogP contribution in [0, 0.1) is 6.92 Å². The summed E-state index contributed by atoms with van der Waals surface area (Å²) in [4.78, 5) is 11.7. The molecule has 0 aliphatic rings. The van der Waals surface area contributed by atoms with Crippen LogP contribution in [0.1, 0.15) is 41.2 Å². The van der Waals surface area contributed by atoms with E-state index in [9.17, 15) is 4.79 Å². The monoisotopic (exact) mass is 362 g/mol. The Balaban J connectivity index is 2.54. The van der Waals surface area contributed by atoms with E-state index in [2.05, 4.69) is 51.0 Å². The van der Waals surface area contributed by atoms with E-state index in [0.717, 1.165) is 57.4 Å². The molecule has 2 aromatic carbocycles. The predicted molar refractivity (Wildman–Crippen MR) is 118 cm³/mol. The Morgan fingerprint density at radius 2 is 1.85 bits per heavy atom. The zero-order valence-corrected chi connectivity index (χ0v) is 16.6. The molecule has 2 aromatic rings. The van der Waals surface area contributed by atoms with Crippen LogP contribution < -0.4 is 0 Å². The summed E-state index contributed by atoms with van der Waals surface area (Å²) in [5.41, 5.74) is 7.46. The number of rotatable bonds is 8. The molecule has 2 rings (SSSR count). The van der Waals surface area contributed by atoms with E-state index in [-0.39, 0.29) is 0 Å². The predicted octanol–water partition coefficient (Wildman–Crippen LogP) is 6.53. The second-order valence-corrected chi connectivity index (χ2v) is 7.20. The van der Waals surface area contributed by atoms with Crippen molar-refractivity contribution < 1.29 is 4.79 Å². The van der Waals surface area contributed by atoms with Crippen molar-refractivity contribution in [1.29, 1.82) is 0 Å². The number of hydrogen-bond acceptors (Lipinski definition) is 2. The first-order valence-electron chi connectivity index (χ1n) is 8.76. The average molecular weight is 363 g/mol. The van der Waals surface area contributed by atoms with Gasteiger partial charge in [-0.2, -0.15) is 11.8 Å². The van der Waals surface area contributed by atoms with E-state index >= 15 is 0 Å². The summed E-state index contributed by atoms with van der Waals surface area (Å²) in [7, 11) is 0. The fourth-order valence-corrected chi connectivity index (χ4v) is 3.36. The number of benzene rings is 2. The first-order valence-corrected chi connectivity index (χ1v) is 10.2. The molecule has 0 atom stereocenters. The molecule has 0 saturated heterocycles. The summed E-state index contributed by atoms with van der Waals surface area (Å²) in [6.07, 6.45) is 10.0. The molecular formula is C24H26OS. The molecule has 0 aromatic heterocycles. The number of aldehydes is 1. The molecule has 0 unspecified atom stereocenters. The maximum atomic E-state index is 11.7. The van der Waals surface area contributed by atoms with Crippen LogP contribution in [0.4, 0.5) is 0 Å². The minimum absolute atomic E-state index is 0.763. The van der Waals surface area contributed by atoms with Gasteiger partial charge in [-0.3, -0.25) is 4.79 Å². The summed E-state index contributed by atoms with van der Waals surface area (Å²) < 4.78 is 0. The molecular weight excluding hydrogens is 336 g/mol. The number of carbonyl (C=O) groups is 1. The summed E-state index contributed by atoms with van der Waals surface area (Å²) >= 11 is 1.79. The molecule has 0 aliphatic heterocycles. The van der Waals surface area contributed by atoms with Crippen LogP contribution in [-0.4, -0.2) is 18.3 Å². The maximum Gasteiger partial charge on any atom is 0.150 e. The first-order chi connectivity index (χ1) is 12.6. The Morgan fingerprint density at radius 1 is 1.12 bits per heavy atom. The summed E-state index contributed by atoms with van der Waals surface area (Å²) in [5, 5.41) is 0. The molecule has 0 spiro atoms. The van der Waals surface area contributed by atoms with Crippen molar-refractivity contribution in [2.24, 2.45) is 0 Å². The third-order valence-electron chi connectivity index (χ3n) is 4.41. The molecule has 0 heterocycles. The third kappa shape index (κ3) is 4.86. The minimum atomic E-state index is 0.763. The van der Waals surface area contributed by atoms with Crippen molar-refractivity contribution in [2.45, 2.75) is 20.3 Å². The van der Waals surface area contributed by atoms with Crippen LogP contribution in [0.3, 0.4) is 0 Å². The van der Waals surface area contributed by atoms with Crippen LogP contribution in [-0.2, 0) is 4.79 Å². The molecule has 1 nitrogen and oxygen atoms in total. The number of thioether (sulfide) groups is 1. The van der Waals surface area contributed by atoms with Gasteiger partial charge in [0, 0.05) is 5.57 Å². The highest BCUT2D eigenvalue weighted by molar-refractivity contribution is 7.98. The Morgan fingerprint density at radius 3 is 2.54 bits per heavy atom. The van der Waals surface area contributed by atoms with Gasteiger partial charge in [0.05, 0.1) is 0 Å². The van der Waals surface area contributed by atoms with Crippen molar-refractivity contribution in [3.63, 3.8) is 0 Å². The molecule has 0 radical (unpaired) electrons. The second-order valence-electron chi connectivity index (χ2n) is 6.21. The first kappa shape index (κ1) is 20.0. The Bertz CT molecular complexity index is 843. The lowest BCUT2D eigenvalue weighted by molar-refractivity contribution is -0.103. The summed E-state index contributed by atoms with van der Waals surface area (Å²) in [6, 6.07) is 14.4. The van der Waals surface area contributed by atoms with Crippen LogP contribution >= 0.6 is 11.8 Å². The highest BCUT2D eigenvalue weighted by Gasteiger charge is 2.09. The van der Waals surface area contributed by atoms with Crippen LogP contribution in [0.15, 0.2) is 55.1 Å². The average Bonchev–Trinajstić information content (AvgIpc) is 2.67. The largest absolute Gasteiger partial charge is 0.298 e. The Labute approximate surface area is 161 Å². The lowest BCUT2D eigenvalue weighted by Crippen LogP contribution is -1.95. The SMILES string of the molecule is C=Cc1ccccc1/C(C)=C/c1c(C)cccc1/C(C=O)=C/CCSC. The quantitative estimate of drug-likeness (QED) is 0.230. The number of aryl methyl sites for hydroxylation is 1. The van der Waals surface area contributed by atoms with Crippen molar-refractivity contribution >= 4 is 41.3 Å². The summed E-state index contributed by atoms with van der Waals surface area (Å²) in [6.45, 7) is 8.11. The fraction of sp³-hybridized carbons (Fsp3) is 0.208. The van der Waals surface area contributed by atoms with Gasteiger partial charge in [0.1, 0.15) is 6.29 Å². The van der Waals surface area contributed by atoms with E-state index in [4.69, 9.17) is 0 Å². The molecule has 26 heavy (non-hydrogen) atoms. The van der Waals surface area contributed by atoms with Gasteiger partial charge in [0.15, 0.2) is 0 Å². The molecule has 2 heteroatoms. The third-order valence-corrected chi connectivity index (χ3v) is 5.06. The smallest absolute Gasteiger partial charge is 0.150 e. The van der Waals surface area contributed by atoms with E-state index in [1.165, 1.54) is 0 Å². The lowest BCUT2D eigenvalue weighted by Gasteiger charge is -2.12. The highest BCUT2D eigenvalue weighted by atomic mass is 32.2. The van der Waals surface area contributed by atoms with Gasteiger partial charge < -0.3 is 0 Å². The van der Waals surface area contributed by atoms with Gasteiger partial charge in [0.2, 0.25) is 0 Å². The van der Waals surface area contributed by atoms with E-state index in [0.29, 0.717) is 0 Å². The molecule has 0 saturated carbocycles. The molecule has 0 bridgehead atoms. The topological polar surface area (TPSA) is 17.1 Å². The van der Waals surface area contributed by atoms with Crippen molar-refractivity contribution in [3.05, 3.63) is 82.9 Å². The van der Waals surface area contributed by atoms with Crippen LogP contribution in [0.2, 0.25) is 0 Å². The minimum Gasteiger partial charge on any atom is -0.298 e. The van der Waals surface area contributed by atoms with Gasteiger partial charge >= 0.3 is 0 Å². The zero-order chi connectivity index (χ0) is 18.9. The van der Waals surface area contributed by atoms with Crippen molar-refractivity contribution in [3.8, 4) is 0 Å². The normalized spacial score (nSPS) is 12.1. The fourth-order valence-electron chi connectivity index (χ4n) is 3.01. The number of allylic oxidation sites excluding steroid dienone is 3. The van der Waals surface area contributed by atoms with Gasteiger partial charge in [-0.05, 0) is 65.7 Å². The maximum absolute atomic E-state index is 11.7. The second kappa shape index (κ2) is 9.98. The van der Waals surface area contributed by atoms with Crippen LogP contribution in [0.5, 0.6) is 0 Å². The van der Waals surface area contributed by atoms with Gasteiger partial charge in [-0.15, -0.1) is 0 Å². The Kier molecular flexibility index (Phi) is 7.68. The number of carbonyl (C=O) groups excluding carboxylic acids is 1. The molecule has 0 amide bonds. The zero-order valence-electron chi connectivity index (χ0n) is 15.8. The Hall–Kier alpha value is -2.32. The van der Waals surface area contributed by atoms with Crippen molar-refractivity contribution in [2.75, 3.05) is 12.0 Å². The van der Waals surface area contributed by atoms with Crippen molar-refractivity contribution in [1.82, 2.24) is 0 Å². The van der Waals surface area contributed by atoms with Gasteiger partial charge in [-0.1, -0.05) is 67.3 Å². The van der Waals surface area contributed by atoms with E-state index < -0.39 is 0 Å². The molecule has 0 aliphatic carbocycles. The highest BCUT2D eigenvalue weighted by Crippen LogP contribution is 2.28. The van der Waals surface area contributed by atoms with Gasteiger partial charge in [-0.25, -0.2) is 0 Å². The standard InChI is InChI=1S/C24H26OS/c1-5-20-11-6-7-13-22(20)19(3)16-24-18(2)10-8-14-23(24)21(17-25)12-9-15-26-4/h5-8,10-14,16-17H,1,9,15H2,2-4H3/b19-16+,21-12+.